The molecule has 1 saturated heterocycles. The third-order valence-corrected chi connectivity index (χ3v) is 2.83. The van der Waals surface area contributed by atoms with Crippen molar-refractivity contribution in [2.24, 2.45) is 0 Å². The van der Waals surface area contributed by atoms with Gasteiger partial charge in [0, 0.05) is 19.6 Å². The van der Waals surface area contributed by atoms with Crippen LogP contribution in [-0.2, 0) is 19.1 Å². The van der Waals surface area contributed by atoms with Gasteiger partial charge in [-0.15, -0.1) is 0 Å². The summed E-state index contributed by atoms with van der Waals surface area (Å²) in [6.07, 6.45) is 1.19. The predicted molar refractivity (Wildman–Crippen MR) is 64.3 cm³/mol. The number of carbonyl (C=O) groups is 2. The Morgan fingerprint density at radius 1 is 1.39 bits per heavy atom. The SMILES string of the molecule is CCOCCCC(=O)N1CC(C)(OCC(=O)O)C1. The van der Waals surface area contributed by atoms with Crippen LogP contribution < -0.4 is 0 Å². The van der Waals surface area contributed by atoms with Crippen molar-refractivity contribution >= 4 is 11.9 Å². The Hall–Kier alpha value is -1.14. The van der Waals surface area contributed by atoms with Crippen LogP contribution in [0.4, 0.5) is 0 Å². The maximum absolute atomic E-state index is 11.7. The first-order valence-corrected chi connectivity index (χ1v) is 6.18. The van der Waals surface area contributed by atoms with E-state index in [0.29, 0.717) is 32.7 Å². The Kier molecular flexibility index (Phi) is 5.55. The fourth-order valence-electron chi connectivity index (χ4n) is 1.89. The van der Waals surface area contributed by atoms with Gasteiger partial charge in [0.25, 0.3) is 0 Å². The summed E-state index contributed by atoms with van der Waals surface area (Å²) in [5.74, 6) is -0.913. The third-order valence-electron chi connectivity index (χ3n) is 2.83. The number of amides is 1. The second-order valence-electron chi connectivity index (χ2n) is 4.68. The minimum absolute atomic E-state index is 0.0751. The smallest absolute Gasteiger partial charge is 0.329 e. The Morgan fingerprint density at radius 3 is 2.61 bits per heavy atom. The highest BCUT2D eigenvalue weighted by molar-refractivity contribution is 5.77. The van der Waals surface area contributed by atoms with E-state index in [9.17, 15) is 9.59 Å². The van der Waals surface area contributed by atoms with E-state index in [1.807, 2.05) is 13.8 Å². The maximum atomic E-state index is 11.7. The van der Waals surface area contributed by atoms with Gasteiger partial charge in [-0.3, -0.25) is 4.79 Å². The molecule has 6 nitrogen and oxygen atoms in total. The summed E-state index contributed by atoms with van der Waals surface area (Å²) in [6, 6.07) is 0. The Labute approximate surface area is 107 Å². The number of ether oxygens (including phenoxy) is 2. The van der Waals surface area contributed by atoms with Crippen LogP contribution in [0.25, 0.3) is 0 Å². The topological polar surface area (TPSA) is 76.1 Å². The summed E-state index contributed by atoms with van der Waals surface area (Å²) in [4.78, 5) is 23.8. The van der Waals surface area contributed by atoms with Gasteiger partial charge in [0.15, 0.2) is 0 Å². The first-order valence-electron chi connectivity index (χ1n) is 6.18. The van der Waals surface area contributed by atoms with Gasteiger partial charge in [0.1, 0.15) is 12.2 Å². The zero-order chi connectivity index (χ0) is 13.6. The molecule has 1 heterocycles. The second-order valence-corrected chi connectivity index (χ2v) is 4.68. The largest absolute Gasteiger partial charge is 0.480 e. The lowest BCUT2D eigenvalue weighted by atomic mass is 9.96. The van der Waals surface area contributed by atoms with Gasteiger partial charge < -0.3 is 19.5 Å². The van der Waals surface area contributed by atoms with Gasteiger partial charge in [0.2, 0.25) is 5.91 Å². The van der Waals surface area contributed by atoms with Gasteiger partial charge in [-0.1, -0.05) is 0 Å². The average molecular weight is 259 g/mol. The number of carboxylic acids is 1. The summed E-state index contributed by atoms with van der Waals surface area (Å²) in [6.45, 7) is 5.62. The number of rotatable bonds is 8. The van der Waals surface area contributed by atoms with Crippen LogP contribution in [0, 0.1) is 0 Å². The van der Waals surface area contributed by atoms with Crippen LogP contribution in [0.1, 0.15) is 26.7 Å². The quantitative estimate of drug-likeness (QED) is 0.643. The molecular weight excluding hydrogens is 238 g/mol. The first-order chi connectivity index (χ1) is 8.47. The minimum Gasteiger partial charge on any atom is -0.480 e. The number of carboxylic acid groups (broad SMARTS) is 1. The molecule has 0 aliphatic carbocycles. The van der Waals surface area contributed by atoms with Crippen LogP contribution in [0.2, 0.25) is 0 Å². The van der Waals surface area contributed by atoms with Crippen LogP contribution in [0.3, 0.4) is 0 Å². The molecule has 1 fully saturated rings. The lowest BCUT2D eigenvalue weighted by Gasteiger charge is -2.47. The number of aliphatic carboxylic acids is 1. The monoisotopic (exact) mass is 259 g/mol. The van der Waals surface area contributed by atoms with Gasteiger partial charge in [-0.05, 0) is 20.3 Å². The second kappa shape index (κ2) is 6.70. The number of likely N-dealkylation sites (tertiary alicyclic amines) is 1. The van der Waals surface area contributed by atoms with Crippen molar-refractivity contribution in [3.63, 3.8) is 0 Å². The standard InChI is InChI=1S/C12H21NO5/c1-3-17-6-4-5-10(14)13-8-12(2,9-13)18-7-11(15)16/h3-9H2,1-2H3,(H,15,16). The average Bonchev–Trinajstić information content (AvgIpc) is 2.28. The highest BCUT2D eigenvalue weighted by Gasteiger charge is 2.42. The molecule has 1 N–H and O–H groups in total. The number of nitrogens with zero attached hydrogens (tertiary/aromatic N) is 1. The molecule has 104 valence electrons. The highest BCUT2D eigenvalue weighted by Crippen LogP contribution is 2.25. The van der Waals surface area contributed by atoms with Gasteiger partial charge in [-0.2, -0.15) is 0 Å². The van der Waals surface area contributed by atoms with Crippen LogP contribution in [0.15, 0.2) is 0 Å². The molecule has 0 saturated carbocycles. The predicted octanol–water partition coefficient (Wildman–Crippen LogP) is 0.505. The van der Waals surface area contributed by atoms with E-state index in [2.05, 4.69) is 0 Å². The molecule has 18 heavy (non-hydrogen) atoms. The molecule has 0 aromatic rings. The molecule has 0 spiro atoms. The molecule has 0 radical (unpaired) electrons. The van der Waals surface area contributed by atoms with Crippen molar-refractivity contribution in [3.05, 3.63) is 0 Å². The van der Waals surface area contributed by atoms with Crippen molar-refractivity contribution < 1.29 is 24.2 Å². The minimum atomic E-state index is -0.988. The van der Waals surface area contributed by atoms with E-state index < -0.39 is 11.6 Å². The van der Waals surface area contributed by atoms with E-state index in [-0.39, 0.29) is 12.5 Å². The van der Waals surface area contributed by atoms with Gasteiger partial charge >= 0.3 is 5.97 Å². The molecule has 0 aromatic heterocycles. The van der Waals surface area contributed by atoms with Crippen molar-refractivity contribution in [3.8, 4) is 0 Å². The summed E-state index contributed by atoms with van der Waals surface area (Å²) >= 11 is 0. The molecule has 0 unspecified atom stereocenters. The van der Waals surface area contributed by atoms with Crippen LogP contribution >= 0.6 is 0 Å². The number of hydrogen-bond acceptors (Lipinski definition) is 4. The lowest BCUT2D eigenvalue weighted by Crippen LogP contribution is -2.63. The summed E-state index contributed by atoms with van der Waals surface area (Å²) in [7, 11) is 0. The molecule has 0 aromatic carbocycles. The number of hydrogen-bond donors (Lipinski definition) is 1. The van der Waals surface area contributed by atoms with Crippen LogP contribution in [0.5, 0.6) is 0 Å². The number of carbonyl (C=O) groups excluding carboxylic acids is 1. The van der Waals surface area contributed by atoms with Gasteiger partial charge in [0.05, 0.1) is 13.1 Å². The molecule has 1 amide bonds. The third kappa shape index (κ3) is 4.62. The molecular formula is C12H21NO5. The van der Waals surface area contributed by atoms with Crippen molar-refractivity contribution in [1.29, 1.82) is 0 Å². The first kappa shape index (κ1) is 14.9. The highest BCUT2D eigenvalue weighted by atomic mass is 16.5. The maximum Gasteiger partial charge on any atom is 0.329 e. The van der Waals surface area contributed by atoms with Gasteiger partial charge in [-0.25, -0.2) is 4.79 Å². The zero-order valence-corrected chi connectivity index (χ0v) is 11.0. The molecule has 0 atom stereocenters. The fraction of sp³-hybridized carbons (Fsp3) is 0.833. The zero-order valence-electron chi connectivity index (χ0n) is 11.0. The van der Waals surface area contributed by atoms with E-state index in [4.69, 9.17) is 14.6 Å². The Morgan fingerprint density at radius 2 is 2.06 bits per heavy atom. The molecule has 6 heteroatoms. The van der Waals surface area contributed by atoms with Crippen molar-refractivity contribution in [2.45, 2.75) is 32.3 Å². The van der Waals surface area contributed by atoms with E-state index in [0.717, 1.165) is 6.42 Å². The van der Waals surface area contributed by atoms with E-state index in [1.54, 1.807) is 4.90 Å². The molecule has 1 aliphatic rings. The molecule has 0 bridgehead atoms. The summed E-state index contributed by atoms with van der Waals surface area (Å²) in [5, 5.41) is 8.52. The normalized spacial score (nSPS) is 17.3. The Balaban J connectivity index is 2.16. The molecule has 1 aliphatic heterocycles. The van der Waals surface area contributed by atoms with Crippen molar-refractivity contribution in [1.82, 2.24) is 4.90 Å². The fourth-order valence-corrected chi connectivity index (χ4v) is 1.89. The molecule has 1 rings (SSSR count). The Bertz CT molecular complexity index is 299. The van der Waals surface area contributed by atoms with E-state index in [1.165, 1.54) is 0 Å². The van der Waals surface area contributed by atoms with E-state index >= 15 is 0 Å². The van der Waals surface area contributed by atoms with Crippen molar-refractivity contribution in [2.75, 3.05) is 32.9 Å². The summed E-state index contributed by atoms with van der Waals surface area (Å²) in [5.41, 5.74) is -0.506. The summed E-state index contributed by atoms with van der Waals surface area (Å²) < 4.78 is 10.4. The lowest BCUT2D eigenvalue weighted by molar-refractivity contribution is -0.173. The van der Waals surface area contributed by atoms with Crippen LogP contribution in [-0.4, -0.2) is 60.4 Å².